The summed E-state index contributed by atoms with van der Waals surface area (Å²) in [5.41, 5.74) is -4.29. The van der Waals surface area contributed by atoms with Gasteiger partial charge in [-0.25, -0.2) is 0 Å². The number of rotatable bonds is 1. The van der Waals surface area contributed by atoms with Gasteiger partial charge in [-0.2, -0.15) is 44.1 Å². The van der Waals surface area contributed by atoms with Gasteiger partial charge in [-0.05, 0) is 66.6 Å². The molecule has 50 heavy (non-hydrogen) atoms. The van der Waals surface area contributed by atoms with Crippen molar-refractivity contribution in [3.05, 3.63) is 130 Å². The summed E-state index contributed by atoms with van der Waals surface area (Å²) in [7, 11) is 0. The largest absolute Gasteiger partial charge is 0.417 e. The van der Waals surface area contributed by atoms with Crippen LogP contribution < -0.4 is 4.57 Å². The van der Waals surface area contributed by atoms with Crippen molar-refractivity contribution in [3.63, 3.8) is 0 Å². The number of halogens is 9. The Labute approximate surface area is 281 Å². The van der Waals surface area contributed by atoms with Gasteiger partial charge < -0.3 is 9.80 Å². The molecule has 0 bridgehead atoms. The zero-order valence-electron chi connectivity index (χ0n) is 26.5. The van der Waals surface area contributed by atoms with Crippen LogP contribution in [0.3, 0.4) is 0 Å². The van der Waals surface area contributed by atoms with Gasteiger partial charge in [-0.1, -0.05) is 48.5 Å². The zero-order chi connectivity index (χ0) is 35.5. The average Bonchev–Trinajstić information content (AvgIpc) is 3.50. The van der Waals surface area contributed by atoms with E-state index in [1.165, 1.54) is 4.57 Å². The van der Waals surface area contributed by atoms with Crippen molar-refractivity contribution in [2.45, 2.75) is 62.8 Å². The highest BCUT2D eigenvalue weighted by atomic mass is 19.4. The van der Waals surface area contributed by atoms with E-state index in [1.807, 2.05) is 30.6 Å². The normalized spacial score (nSPS) is 21.2. The first-order valence-electron chi connectivity index (χ1n) is 16.1. The summed E-state index contributed by atoms with van der Waals surface area (Å²) in [4.78, 5) is 4.25. The molecule has 0 saturated carbocycles. The van der Waals surface area contributed by atoms with Gasteiger partial charge in [0.05, 0.1) is 27.8 Å². The van der Waals surface area contributed by atoms with Gasteiger partial charge in [0.2, 0.25) is 11.4 Å². The van der Waals surface area contributed by atoms with Crippen LogP contribution in [0, 0.1) is 6.92 Å². The lowest BCUT2D eigenvalue weighted by Gasteiger charge is -2.48. The minimum Gasteiger partial charge on any atom is -0.352 e. The molecule has 0 radical (unpaired) electrons. The van der Waals surface area contributed by atoms with E-state index in [0.717, 1.165) is 29.7 Å². The highest BCUT2D eigenvalue weighted by molar-refractivity contribution is 5.84. The van der Waals surface area contributed by atoms with Gasteiger partial charge in [0.1, 0.15) is 12.2 Å². The number of benzene rings is 3. The summed E-state index contributed by atoms with van der Waals surface area (Å²) in [6.45, 7) is 6.85. The van der Waals surface area contributed by atoms with Crippen molar-refractivity contribution in [1.29, 1.82) is 0 Å². The number of hydrogen-bond donors (Lipinski definition) is 0. The van der Waals surface area contributed by atoms with Gasteiger partial charge in [0.25, 0.3) is 0 Å². The van der Waals surface area contributed by atoms with Crippen LogP contribution >= 0.6 is 0 Å². The minimum absolute atomic E-state index is 0.0789. The summed E-state index contributed by atoms with van der Waals surface area (Å²) < 4.78 is 135. The first-order chi connectivity index (χ1) is 23.6. The highest BCUT2D eigenvalue weighted by Crippen LogP contribution is 2.55. The monoisotopic (exact) mass is 698 g/mol. The smallest absolute Gasteiger partial charge is 0.352 e. The molecule has 0 spiro atoms. The third-order valence-corrected chi connectivity index (χ3v) is 10.6. The van der Waals surface area contributed by atoms with Crippen LogP contribution in [0.25, 0.3) is 28.1 Å². The third-order valence-electron chi connectivity index (χ3n) is 10.6. The minimum atomic E-state index is -5.96. The number of fused-ring (bicyclic) bond motifs is 6. The molecule has 0 N–H and O–H groups in total. The SMILES string of the molecule is C=C1C2C(CCc3c(cc(C(F)(F)F)c(C(F)(F)F)c3C(F)(F)F)-c3c(-c4ccccc4)c(C)cc[n+]31)c1cccc3c1C1N(C=CN21)CC3. The second-order valence-corrected chi connectivity index (χ2v) is 13.3. The van der Waals surface area contributed by atoms with Crippen molar-refractivity contribution in [3.8, 4) is 22.4 Å². The van der Waals surface area contributed by atoms with Crippen molar-refractivity contribution < 1.29 is 44.1 Å². The molecule has 4 aliphatic rings. The molecule has 8 rings (SSSR count). The summed E-state index contributed by atoms with van der Waals surface area (Å²) in [5.74, 6) is -0.554. The van der Waals surface area contributed by atoms with Crippen molar-refractivity contribution in [2.75, 3.05) is 6.54 Å². The number of aromatic nitrogens is 1. The van der Waals surface area contributed by atoms with E-state index in [9.17, 15) is 26.3 Å². The van der Waals surface area contributed by atoms with Crippen LogP contribution in [0.2, 0.25) is 0 Å². The lowest BCUT2D eigenvalue weighted by Crippen LogP contribution is -2.53. The van der Waals surface area contributed by atoms with Gasteiger partial charge in [-0.15, -0.1) is 0 Å². The van der Waals surface area contributed by atoms with Crippen LogP contribution in [0.15, 0.2) is 85.8 Å². The molecule has 0 saturated heterocycles. The number of nitrogens with zero attached hydrogens (tertiary/aromatic N) is 3. The maximum Gasteiger partial charge on any atom is 0.417 e. The Balaban J connectivity index is 1.53. The van der Waals surface area contributed by atoms with E-state index in [0.29, 0.717) is 22.4 Å². The van der Waals surface area contributed by atoms with E-state index >= 15 is 13.2 Å². The Hall–Kier alpha value is -4.74. The standard InChI is InChI=1S/C38H29F9N3/c1-20-13-16-49-21(2)33-26(24-10-6-9-23-14-15-48-17-18-50(33)35(48)30(23)24)12-11-25-27(34(49)29(20)22-7-4-3-5-8-22)19-28(36(39,40)41)32(38(45,46)47)31(25)37(42,43)44/h3-10,13,16-19,26,33,35H,2,11-12,14-15H2,1H3/q+1. The molecule has 12 heteroatoms. The molecule has 0 amide bonds. The van der Waals surface area contributed by atoms with Crippen molar-refractivity contribution in [2.24, 2.45) is 0 Å². The van der Waals surface area contributed by atoms with Crippen LogP contribution in [-0.4, -0.2) is 22.4 Å². The molecule has 0 fully saturated rings. The Morgan fingerprint density at radius 1 is 0.800 bits per heavy atom. The van der Waals surface area contributed by atoms with E-state index < -0.39 is 64.7 Å². The first kappa shape index (κ1) is 32.5. The molecule has 258 valence electrons. The Morgan fingerprint density at radius 3 is 2.20 bits per heavy atom. The molecule has 0 aliphatic carbocycles. The van der Waals surface area contributed by atoms with Gasteiger partial charge in [0, 0.05) is 36.5 Å². The van der Waals surface area contributed by atoms with E-state index in [4.69, 9.17) is 0 Å². The molecule has 5 heterocycles. The van der Waals surface area contributed by atoms with Crippen molar-refractivity contribution in [1.82, 2.24) is 9.80 Å². The number of hydrogen-bond acceptors (Lipinski definition) is 2. The summed E-state index contributed by atoms with van der Waals surface area (Å²) in [5, 5.41) is 0. The molecule has 3 nitrogen and oxygen atoms in total. The third kappa shape index (κ3) is 4.77. The summed E-state index contributed by atoms with van der Waals surface area (Å²) in [6, 6.07) is 15.6. The first-order valence-corrected chi connectivity index (χ1v) is 16.1. The molecular formula is C38H29F9N3+. The fraction of sp³-hybridized carbons (Fsp3) is 0.289. The Bertz CT molecular complexity index is 2090. The van der Waals surface area contributed by atoms with E-state index in [2.05, 4.69) is 16.4 Å². The number of aryl methyl sites for hydroxylation is 1. The summed E-state index contributed by atoms with van der Waals surface area (Å²) >= 11 is 0. The van der Waals surface area contributed by atoms with Gasteiger partial charge in [0.15, 0.2) is 6.20 Å². The molecule has 3 unspecified atom stereocenters. The number of pyridine rings is 1. The van der Waals surface area contributed by atoms with Crippen LogP contribution in [0.4, 0.5) is 39.5 Å². The van der Waals surface area contributed by atoms with E-state index in [1.54, 1.807) is 49.5 Å². The lowest BCUT2D eigenvalue weighted by molar-refractivity contribution is -0.573. The lowest BCUT2D eigenvalue weighted by atomic mass is 9.75. The number of alkyl halides is 9. The predicted octanol–water partition coefficient (Wildman–Crippen LogP) is 9.90. The van der Waals surface area contributed by atoms with Gasteiger partial charge in [-0.3, -0.25) is 0 Å². The Morgan fingerprint density at radius 2 is 1.52 bits per heavy atom. The van der Waals surface area contributed by atoms with E-state index in [-0.39, 0.29) is 24.3 Å². The molecular weight excluding hydrogens is 669 g/mol. The topological polar surface area (TPSA) is 10.4 Å². The summed E-state index contributed by atoms with van der Waals surface area (Å²) in [6.07, 6.45) is -12.2. The van der Waals surface area contributed by atoms with Crippen LogP contribution in [0.1, 0.15) is 63.0 Å². The van der Waals surface area contributed by atoms with Crippen LogP contribution in [-0.2, 0) is 31.4 Å². The molecule has 4 aromatic rings. The molecule has 3 atom stereocenters. The van der Waals surface area contributed by atoms with Gasteiger partial charge >= 0.3 is 18.5 Å². The average molecular weight is 699 g/mol. The maximum absolute atomic E-state index is 15.2. The molecule has 1 aromatic heterocycles. The quantitative estimate of drug-likeness (QED) is 0.145. The molecule has 3 aromatic carbocycles. The Kier molecular flexibility index (Phi) is 7.06. The fourth-order valence-electron chi connectivity index (χ4n) is 8.68. The fourth-order valence-corrected chi connectivity index (χ4v) is 8.68. The second kappa shape index (κ2) is 10.9. The molecule has 4 aliphatic heterocycles. The second-order valence-electron chi connectivity index (χ2n) is 13.3. The van der Waals surface area contributed by atoms with Crippen LogP contribution in [0.5, 0.6) is 0 Å². The highest BCUT2D eigenvalue weighted by Gasteiger charge is 2.55. The maximum atomic E-state index is 15.2. The zero-order valence-corrected chi connectivity index (χ0v) is 26.5. The van der Waals surface area contributed by atoms with Crippen molar-refractivity contribution >= 4 is 5.70 Å². The predicted molar refractivity (Wildman–Crippen MR) is 168 cm³/mol.